The second kappa shape index (κ2) is 6.60. The fourth-order valence-electron chi connectivity index (χ4n) is 1.78. The van der Waals surface area contributed by atoms with Crippen LogP contribution in [0.2, 0.25) is 0 Å². The Morgan fingerprint density at radius 2 is 2.25 bits per heavy atom. The van der Waals surface area contributed by atoms with Gasteiger partial charge >= 0.3 is 0 Å². The summed E-state index contributed by atoms with van der Waals surface area (Å²) in [5, 5.41) is 2.82. The third kappa shape index (κ3) is 3.50. The topological polar surface area (TPSA) is 68.3 Å². The number of hydrogen-bond donors (Lipinski definition) is 2. The van der Waals surface area contributed by atoms with Crippen LogP contribution >= 0.6 is 0 Å². The lowest BCUT2D eigenvalue weighted by Gasteiger charge is -2.04. The Labute approximate surface area is 118 Å². The van der Waals surface area contributed by atoms with Gasteiger partial charge in [0.15, 0.2) is 5.76 Å². The minimum absolute atomic E-state index is 0.217. The minimum atomic E-state index is -0.217. The van der Waals surface area contributed by atoms with Gasteiger partial charge in [0.25, 0.3) is 5.91 Å². The van der Waals surface area contributed by atoms with Crippen LogP contribution in [0.3, 0.4) is 0 Å². The summed E-state index contributed by atoms with van der Waals surface area (Å²) in [6.07, 6.45) is 1.51. The Balaban J connectivity index is 2.01. The first-order valence-electron chi connectivity index (χ1n) is 6.31. The lowest BCUT2D eigenvalue weighted by atomic mass is 10.1. The van der Waals surface area contributed by atoms with Gasteiger partial charge in [-0.1, -0.05) is 24.0 Å². The summed E-state index contributed by atoms with van der Waals surface area (Å²) in [5.74, 6) is 5.90. The molecule has 1 aromatic heterocycles. The lowest BCUT2D eigenvalue weighted by molar-refractivity contribution is 0.0922. The second-order valence-electron chi connectivity index (χ2n) is 4.32. The van der Waals surface area contributed by atoms with Crippen molar-refractivity contribution in [3.8, 4) is 11.8 Å². The Bertz CT molecular complexity index is 662. The van der Waals surface area contributed by atoms with Crippen LogP contribution in [-0.2, 0) is 6.54 Å². The zero-order valence-electron chi connectivity index (χ0n) is 11.3. The molecule has 0 aliphatic carbocycles. The predicted molar refractivity (Wildman–Crippen MR) is 77.0 cm³/mol. The van der Waals surface area contributed by atoms with Crippen LogP contribution in [0.15, 0.2) is 41.0 Å². The minimum Gasteiger partial charge on any atom is -0.459 e. The molecule has 20 heavy (non-hydrogen) atoms. The molecule has 0 saturated heterocycles. The van der Waals surface area contributed by atoms with Crippen LogP contribution in [-0.4, -0.2) is 12.5 Å². The molecule has 2 aromatic rings. The SMILES string of the molecule is Cc1ccoc1C(=O)NCc1cccc(C#CCN)c1. The number of carbonyl (C=O) groups is 1. The standard InChI is InChI=1S/C16H16N2O2/c1-12-7-9-20-15(12)16(19)18-11-14-5-2-4-13(10-14)6-3-8-17/h2,4-5,7,9-10H,8,11,17H2,1H3,(H,18,19). The van der Waals surface area contributed by atoms with E-state index in [-0.39, 0.29) is 5.91 Å². The van der Waals surface area contributed by atoms with Gasteiger partial charge in [-0.2, -0.15) is 0 Å². The molecule has 0 fully saturated rings. The molecule has 0 aliphatic heterocycles. The van der Waals surface area contributed by atoms with E-state index in [0.29, 0.717) is 18.8 Å². The van der Waals surface area contributed by atoms with Crippen molar-refractivity contribution in [3.05, 3.63) is 59.0 Å². The van der Waals surface area contributed by atoms with Crippen molar-refractivity contribution in [2.75, 3.05) is 6.54 Å². The molecule has 1 amide bonds. The highest BCUT2D eigenvalue weighted by molar-refractivity contribution is 5.92. The molecular weight excluding hydrogens is 252 g/mol. The van der Waals surface area contributed by atoms with Gasteiger partial charge in [0, 0.05) is 17.7 Å². The molecule has 4 heteroatoms. The van der Waals surface area contributed by atoms with Crippen molar-refractivity contribution >= 4 is 5.91 Å². The van der Waals surface area contributed by atoms with Crippen molar-refractivity contribution < 1.29 is 9.21 Å². The normalized spacial score (nSPS) is 9.70. The average molecular weight is 268 g/mol. The molecule has 0 unspecified atom stereocenters. The van der Waals surface area contributed by atoms with Gasteiger partial charge in [0.2, 0.25) is 0 Å². The number of nitrogens with two attached hydrogens (primary N) is 1. The highest BCUT2D eigenvalue weighted by atomic mass is 16.3. The van der Waals surface area contributed by atoms with E-state index in [2.05, 4.69) is 17.2 Å². The van der Waals surface area contributed by atoms with Crippen molar-refractivity contribution in [3.63, 3.8) is 0 Å². The molecule has 0 spiro atoms. The van der Waals surface area contributed by atoms with Gasteiger partial charge in [-0.15, -0.1) is 0 Å². The summed E-state index contributed by atoms with van der Waals surface area (Å²) in [4.78, 5) is 11.9. The van der Waals surface area contributed by atoms with Crippen LogP contribution in [0.25, 0.3) is 0 Å². The molecule has 0 radical (unpaired) electrons. The Kier molecular flexibility index (Phi) is 4.59. The maximum Gasteiger partial charge on any atom is 0.287 e. The predicted octanol–water partition coefficient (Wildman–Crippen LogP) is 1.83. The van der Waals surface area contributed by atoms with E-state index in [9.17, 15) is 4.79 Å². The molecule has 0 atom stereocenters. The number of nitrogens with one attached hydrogen (secondary N) is 1. The van der Waals surface area contributed by atoms with Crippen molar-refractivity contribution in [2.45, 2.75) is 13.5 Å². The van der Waals surface area contributed by atoms with E-state index in [0.717, 1.165) is 16.7 Å². The number of benzene rings is 1. The monoisotopic (exact) mass is 268 g/mol. The molecule has 1 aromatic carbocycles. The van der Waals surface area contributed by atoms with Crippen LogP contribution in [0.5, 0.6) is 0 Å². The molecule has 3 N–H and O–H groups in total. The van der Waals surface area contributed by atoms with Gasteiger partial charge < -0.3 is 15.5 Å². The van der Waals surface area contributed by atoms with Gasteiger partial charge in [-0.3, -0.25) is 4.79 Å². The summed E-state index contributed by atoms with van der Waals surface area (Å²) < 4.78 is 5.14. The number of hydrogen-bond acceptors (Lipinski definition) is 3. The first-order valence-corrected chi connectivity index (χ1v) is 6.31. The van der Waals surface area contributed by atoms with E-state index >= 15 is 0 Å². The maximum atomic E-state index is 11.9. The molecule has 4 nitrogen and oxygen atoms in total. The van der Waals surface area contributed by atoms with Crippen LogP contribution in [0.4, 0.5) is 0 Å². The van der Waals surface area contributed by atoms with Crippen LogP contribution in [0.1, 0.15) is 27.2 Å². The Morgan fingerprint density at radius 3 is 2.95 bits per heavy atom. The van der Waals surface area contributed by atoms with E-state index in [1.165, 1.54) is 6.26 Å². The smallest absolute Gasteiger partial charge is 0.287 e. The molecule has 102 valence electrons. The Morgan fingerprint density at radius 1 is 1.40 bits per heavy atom. The third-order valence-corrected chi connectivity index (χ3v) is 2.78. The third-order valence-electron chi connectivity index (χ3n) is 2.78. The summed E-state index contributed by atoms with van der Waals surface area (Å²) in [7, 11) is 0. The number of furan rings is 1. The number of amides is 1. The number of aryl methyl sites for hydroxylation is 1. The zero-order chi connectivity index (χ0) is 14.4. The van der Waals surface area contributed by atoms with Crippen molar-refractivity contribution in [1.82, 2.24) is 5.32 Å². The van der Waals surface area contributed by atoms with Gasteiger partial charge in [-0.05, 0) is 30.7 Å². The van der Waals surface area contributed by atoms with Crippen LogP contribution < -0.4 is 11.1 Å². The number of rotatable bonds is 3. The second-order valence-corrected chi connectivity index (χ2v) is 4.32. The average Bonchev–Trinajstić information content (AvgIpc) is 2.89. The quantitative estimate of drug-likeness (QED) is 0.834. The summed E-state index contributed by atoms with van der Waals surface area (Å²) in [5.41, 5.74) is 8.03. The van der Waals surface area contributed by atoms with E-state index in [1.54, 1.807) is 6.07 Å². The molecule has 0 bridgehead atoms. The lowest BCUT2D eigenvalue weighted by Crippen LogP contribution is -2.22. The van der Waals surface area contributed by atoms with E-state index < -0.39 is 0 Å². The zero-order valence-corrected chi connectivity index (χ0v) is 11.3. The summed E-state index contributed by atoms with van der Waals surface area (Å²) >= 11 is 0. The molecule has 1 heterocycles. The highest BCUT2D eigenvalue weighted by Gasteiger charge is 2.11. The molecular formula is C16H16N2O2. The van der Waals surface area contributed by atoms with E-state index in [1.807, 2.05) is 31.2 Å². The van der Waals surface area contributed by atoms with Crippen LogP contribution in [0, 0.1) is 18.8 Å². The van der Waals surface area contributed by atoms with Gasteiger partial charge in [-0.25, -0.2) is 0 Å². The van der Waals surface area contributed by atoms with Gasteiger partial charge in [0.05, 0.1) is 12.8 Å². The molecule has 2 rings (SSSR count). The fraction of sp³-hybridized carbons (Fsp3) is 0.188. The first kappa shape index (κ1) is 13.9. The molecule has 0 aliphatic rings. The summed E-state index contributed by atoms with van der Waals surface area (Å²) in [6, 6.07) is 9.43. The van der Waals surface area contributed by atoms with Gasteiger partial charge in [0.1, 0.15) is 0 Å². The van der Waals surface area contributed by atoms with Crippen molar-refractivity contribution in [2.24, 2.45) is 5.73 Å². The maximum absolute atomic E-state index is 11.9. The number of carbonyl (C=O) groups excluding carboxylic acids is 1. The largest absolute Gasteiger partial charge is 0.459 e. The highest BCUT2D eigenvalue weighted by Crippen LogP contribution is 2.09. The summed E-state index contributed by atoms with van der Waals surface area (Å²) in [6.45, 7) is 2.59. The van der Waals surface area contributed by atoms with E-state index in [4.69, 9.17) is 10.2 Å². The molecule has 0 saturated carbocycles. The Hall–Kier alpha value is -2.51. The van der Waals surface area contributed by atoms with Crippen molar-refractivity contribution in [1.29, 1.82) is 0 Å². The fourth-order valence-corrected chi connectivity index (χ4v) is 1.78. The first-order chi connectivity index (χ1) is 9.70.